The number of methoxy groups -OCH3 is 1. The summed E-state index contributed by atoms with van der Waals surface area (Å²) in [4.78, 5) is 4.13. The Morgan fingerprint density at radius 1 is 1.73 bits per heavy atom. The minimum atomic E-state index is 0.755. The molecule has 0 saturated carbocycles. The Bertz CT molecular complexity index is 177. The van der Waals surface area contributed by atoms with Crippen LogP contribution in [-0.2, 0) is 11.3 Å². The number of hydrogen-bond donors (Lipinski definition) is 1. The summed E-state index contributed by atoms with van der Waals surface area (Å²) in [5, 5.41) is 6.32. The summed E-state index contributed by atoms with van der Waals surface area (Å²) in [5.41, 5.74) is 0. The van der Waals surface area contributed by atoms with Crippen LogP contribution in [0.2, 0.25) is 0 Å². The van der Waals surface area contributed by atoms with Gasteiger partial charge in [-0.2, -0.15) is 0 Å². The third-order valence-electron chi connectivity index (χ3n) is 1.24. The number of thiazole rings is 1. The van der Waals surface area contributed by atoms with Crippen LogP contribution >= 0.6 is 11.3 Å². The molecule has 1 rings (SSSR count). The minimum Gasteiger partial charge on any atom is -0.383 e. The molecule has 1 aromatic heterocycles. The van der Waals surface area contributed by atoms with Crippen LogP contribution in [-0.4, -0.2) is 25.2 Å². The molecule has 4 heteroatoms. The molecule has 0 bridgehead atoms. The van der Waals surface area contributed by atoms with Crippen molar-refractivity contribution in [3.8, 4) is 0 Å². The van der Waals surface area contributed by atoms with Crippen molar-refractivity contribution >= 4 is 11.3 Å². The predicted octanol–water partition coefficient (Wildman–Crippen LogP) is 0.879. The van der Waals surface area contributed by atoms with Crippen molar-refractivity contribution in [2.24, 2.45) is 0 Å². The summed E-state index contributed by atoms with van der Waals surface area (Å²) in [5.74, 6) is 0. The van der Waals surface area contributed by atoms with Gasteiger partial charge >= 0.3 is 0 Å². The second kappa shape index (κ2) is 5.23. The highest BCUT2D eigenvalue weighted by molar-refractivity contribution is 7.09. The van der Waals surface area contributed by atoms with Gasteiger partial charge in [0, 0.05) is 31.8 Å². The van der Waals surface area contributed by atoms with Crippen LogP contribution < -0.4 is 5.32 Å². The fourth-order valence-electron chi connectivity index (χ4n) is 0.710. The number of ether oxygens (including phenoxy) is 1. The highest BCUT2D eigenvalue weighted by Gasteiger charge is 1.92. The van der Waals surface area contributed by atoms with Gasteiger partial charge in [0.15, 0.2) is 0 Å². The molecule has 0 aliphatic carbocycles. The van der Waals surface area contributed by atoms with Crippen molar-refractivity contribution < 1.29 is 4.74 Å². The Morgan fingerprint density at radius 3 is 3.27 bits per heavy atom. The quantitative estimate of drug-likeness (QED) is 0.669. The smallest absolute Gasteiger partial charge is 0.106 e. The van der Waals surface area contributed by atoms with Crippen LogP contribution in [0.1, 0.15) is 5.01 Å². The van der Waals surface area contributed by atoms with E-state index in [1.54, 1.807) is 18.4 Å². The summed E-state index contributed by atoms with van der Waals surface area (Å²) in [6.07, 6.45) is 1.82. The fraction of sp³-hybridized carbons (Fsp3) is 0.571. The van der Waals surface area contributed by atoms with Crippen LogP contribution in [0.3, 0.4) is 0 Å². The predicted molar refractivity (Wildman–Crippen MR) is 45.7 cm³/mol. The van der Waals surface area contributed by atoms with E-state index in [0.29, 0.717) is 0 Å². The molecule has 0 aliphatic heterocycles. The van der Waals surface area contributed by atoms with Crippen molar-refractivity contribution in [3.63, 3.8) is 0 Å². The lowest BCUT2D eigenvalue weighted by atomic mass is 10.6. The monoisotopic (exact) mass is 172 g/mol. The van der Waals surface area contributed by atoms with E-state index in [9.17, 15) is 0 Å². The zero-order valence-corrected chi connectivity index (χ0v) is 7.36. The Hall–Kier alpha value is -0.450. The van der Waals surface area contributed by atoms with Gasteiger partial charge in [-0.15, -0.1) is 11.3 Å². The van der Waals surface area contributed by atoms with E-state index in [2.05, 4.69) is 10.3 Å². The number of nitrogens with zero attached hydrogens (tertiary/aromatic N) is 1. The van der Waals surface area contributed by atoms with Crippen molar-refractivity contribution in [1.82, 2.24) is 10.3 Å². The summed E-state index contributed by atoms with van der Waals surface area (Å²) in [7, 11) is 1.70. The van der Waals surface area contributed by atoms with Gasteiger partial charge < -0.3 is 10.1 Å². The summed E-state index contributed by atoms with van der Waals surface area (Å²) in [6.45, 7) is 2.49. The summed E-state index contributed by atoms with van der Waals surface area (Å²) < 4.78 is 4.88. The molecule has 0 spiro atoms. The molecule has 62 valence electrons. The van der Waals surface area contributed by atoms with E-state index >= 15 is 0 Å². The molecule has 11 heavy (non-hydrogen) atoms. The molecule has 0 fully saturated rings. The lowest BCUT2D eigenvalue weighted by molar-refractivity contribution is 0.199. The van der Waals surface area contributed by atoms with Crippen molar-refractivity contribution in [2.75, 3.05) is 20.3 Å². The zero-order chi connectivity index (χ0) is 7.94. The van der Waals surface area contributed by atoms with Gasteiger partial charge in [0.2, 0.25) is 0 Å². The second-order valence-electron chi connectivity index (χ2n) is 2.10. The normalized spacial score (nSPS) is 10.3. The van der Waals surface area contributed by atoms with Crippen molar-refractivity contribution in [2.45, 2.75) is 6.54 Å². The minimum absolute atomic E-state index is 0.755. The first kappa shape index (κ1) is 8.64. The van der Waals surface area contributed by atoms with E-state index < -0.39 is 0 Å². The molecule has 3 nitrogen and oxygen atoms in total. The Kier molecular flexibility index (Phi) is 4.11. The average molecular weight is 172 g/mol. The van der Waals surface area contributed by atoms with Crippen LogP contribution in [0.5, 0.6) is 0 Å². The van der Waals surface area contributed by atoms with Crippen LogP contribution in [0.25, 0.3) is 0 Å². The molecule has 0 aliphatic rings. The Morgan fingerprint density at radius 2 is 2.64 bits per heavy atom. The number of aromatic nitrogens is 1. The number of rotatable bonds is 5. The molecule has 1 heterocycles. The first-order valence-electron chi connectivity index (χ1n) is 3.51. The maximum Gasteiger partial charge on any atom is 0.106 e. The largest absolute Gasteiger partial charge is 0.383 e. The van der Waals surface area contributed by atoms with E-state index in [0.717, 1.165) is 24.7 Å². The molecule has 1 aromatic rings. The maximum atomic E-state index is 4.88. The number of nitrogens with one attached hydrogen (secondary N) is 1. The standard InChI is InChI=1S/C7H12N2OS/c1-10-4-2-8-6-7-9-3-5-11-7/h3,5,8H,2,4,6H2,1H3. The maximum absolute atomic E-state index is 4.88. The van der Waals surface area contributed by atoms with Gasteiger partial charge in [0.1, 0.15) is 5.01 Å². The van der Waals surface area contributed by atoms with Gasteiger partial charge in [0.05, 0.1) is 6.61 Å². The van der Waals surface area contributed by atoms with Crippen LogP contribution in [0, 0.1) is 0 Å². The molecular formula is C7H12N2OS. The van der Waals surface area contributed by atoms with Crippen molar-refractivity contribution in [3.05, 3.63) is 16.6 Å². The van der Waals surface area contributed by atoms with Gasteiger partial charge in [-0.1, -0.05) is 0 Å². The van der Waals surface area contributed by atoms with Crippen molar-refractivity contribution in [1.29, 1.82) is 0 Å². The molecule has 0 radical (unpaired) electrons. The Labute approximate surface area is 70.4 Å². The third kappa shape index (κ3) is 3.46. The molecule has 0 saturated heterocycles. The van der Waals surface area contributed by atoms with E-state index in [1.807, 2.05) is 11.6 Å². The molecule has 0 unspecified atom stereocenters. The van der Waals surface area contributed by atoms with Gasteiger partial charge in [-0.25, -0.2) is 4.98 Å². The Balaban J connectivity index is 2.04. The third-order valence-corrected chi connectivity index (χ3v) is 2.02. The van der Waals surface area contributed by atoms with E-state index in [4.69, 9.17) is 4.74 Å². The second-order valence-corrected chi connectivity index (χ2v) is 3.07. The van der Waals surface area contributed by atoms with Gasteiger partial charge in [0.25, 0.3) is 0 Å². The average Bonchev–Trinajstić information content (AvgIpc) is 2.50. The first-order valence-corrected chi connectivity index (χ1v) is 4.39. The topological polar surface area (TPSA) is 34.1 Å². The molecule has 0 aromatic carbocycles. The van der Waals surface area contributed by atoms with Gasteiger partial charge in [-0.05, 0) is 0 Å². The van der Waals surface area contributed by atoms with Crippen LogP contribution in [0.15, 0.2) is 11.6 Å². The molecule has 1 N–H and O–H groups in total. The van der Waals surface area contributed by atoms with Crippen LogP contribution in [0.4, 0.5) is 0 Å². The SMILES string of the molecule is COCCNCc1nccs1. The fourth-order valence-corrected chi connectivity index (χ4v) is 1.30. The number of hydrogen-bond acceptors (Lipinski definition) is 4. The van der Waals surface area contributed by atoms with Gasteiger partial charge in [-0.3, -0.25) is 0 Å². The molecule has 0 amide bonds. The lowest BCUT2D eigenvalue weighted by Crippen LogP contribution is -2.18. The molecular weight excluding hydrogens is 160 g/mol. The highest BCUT2D eigenvalue weighted by atomic mass is 32.1. The zero-order valence-electron chi connectivity index (χ0n) is 6.54. The van der Waals surface area contributed by atoms with E-state index in [-0.39, 0.29) is 0 Å². The first-order chi connectivity index (χ1) is 5.43. The lowest BCUT2D eigenvalue weighted by Gasteiger charge is -1.99. The van der Waals surface area contributed by atoms with E-state index in [1.165, 1.54) is 0 Å². The summed E-state index contributed by atoms with van der Waals surface area (Å²) >= 11 is 1.67. The highest BCUT2D eigenvalue weighted by Crippen LogP contribution is 2.01. The molecule has 0 atom stereocenters. The summed E-state index contributed by atoms with van der Waals surface area (Å²) in [6, 6.07) is 0.